The molecule has 0 radical (unpaired) electrons. The molecule has 0 aliphatic carbocycles. The van der Waals surface area contributed by atoms with E-state index in [-0.39, 0.29) is 18.0 Å². The molecule has 0 spiro atoms. The molecule has 2 N–H and O–H groups in total. The molecular formula is C19H24N4O3S. The number of nitrogens with one attached hydrogen (secondary N) is 2. The second-order valence-corrected chi connectivity index (χ2v) is 7.66. The van der Waals surface area contributed by atoms with E-state index in [4.69, 9.17) is 4.74 Å². The van der Waals surface area contributed by atoms with E-state index >= 15 is 0 Å². The van der Waals surface area contributed by atoms with Crippen molar-refractivity contribution in [2.45, 2.75) is 39.8 Å². The van der Waals surface area contributed by atoms with Crippen molar-refractivity contribution in [3.63, 3.8) is 0 Å². The molecule has 1 aromatic heterocycles. The summed E-state index contributed by atoms with van der Waals surface area (Å²) in [5.74, 6) is 0.747. The van der Waals surface area contributed by atoms with Gasteiger partial charge in [0.05, 0.1) is 18.8 Å². The van der Waals surface area contributed by atoms with Crippen LogP contribution in [0.4, 0.5) is 9.93 Å². The third-order valence-corrected chi connectivity index (χ3v) is 5.07. The average molecular weight is 388 g/mol. The van der Waals surface area contributed by atoms with E-state index in [0.29, 0.717) is 36.8 Å². The minimum absolute atomic E-state index is 0.0100. The van der Waals surface area contributed by atoms with Crippen LogP contribution in [0.15, 0.2) is 24.3 Å². The molecule has 1 aliphatic heterocycles. The highest BCUT2D eigenvalue weighted by Gasteiger charge is 2.25. The number of amides is 3. The lowest BCUT2D eigenvalue weighted by molar-refractivity contribution is 0.0736. The monoisotopic (exact) mass is 388 g/mol. The first kappa shape index (κ1) is 19.2. The molecule has 7 nitrogen and oxygen atoms in total. The van der Waals surface area contributed by atoms with E-state index in [2.05, 4.69) is 15.6 Å². The minimum Gasteiger partial charge on any atom is -0.494 e. The molecule has 0 atom stereocenters. The van der Waals surface area contributed by atoms with Crippen molar-refractivity contribution in [2.75, 3.05) is 18.5 Å². The molecule has 3 amide bonds. The van der Waals surface area contributed by atoms with Crippen molar-refractivity contribution in [3.8, 4) is 5.75 Å². The molecule has 0 saturated carbocycles. The van der Waals surface area contributed by atoms with Gasteiger partial charge in [-0.2, -0.15) is 0 Å². The highest BCUT2D eigenvalue weighted by atomic mass is 32.1. The van der Waals surface area contributed by atoms with Gasteiger partial charge >= 0.3 is 6.03 Å². The van der Waals surface area contributed by atoms with Gasteiger partial charge in [-0.1, -0.05) is 11.3 Å². The molecule has 1 aromatic carbocycles. The lowest BCUT2D eigenvalue weighted by atomic mass is 10.1. The SMILES string of the molecule is CCOc1ccc(C(=O)N2CCc3nc(NC(=O)NC(C)C)sc3C2)cc1. The maximum absolute atomic E-state index is 12.8. The van der Waals surface area contributed by atoms with Crippen LogP contribution in [-0.4, -0.2) is 41.0 Å². The number of thiazole rings is 1. The van der Waals surface area contributed by atoms with Crippen molar-refractivity contribution in [3.05, 3.63) is 40.4 Å². The number of nitrogens with zero attached hydrogens (tertiary/aromatic N) is 2. The van der Waals surface area contributed by atoms with Crippen LogP contribution < -0.4 is 15.4 Å². The molecule has 144 valence electrons. The van der Waals surface area contributed by atoms with E-state index in [0.717, 1.165) is 16.3 Å². The number of ether oxygens (including phenoxy) is 1. The zero-order chi connectivity index (χ0) is 19.4. The molecule has 8 heteroatoms. The summed E-state index contributed by atoms with van der Waals surface area (Å²) < 4.78 is 5.42. The molecule has 2 aromatic rings. The molecule has 0 bridgehead atoms. The lowest BCUT2D eigenvalue weighted by Gasteiger charge is -2.26. The van der Waals surface area contributed by atoms with Crippen LogP contribution >= 0.6 is 11.3 Å². The molecule has 0 unspecified atom stereocenters. The van der Waals surface area contributed by atoms with Crippen LogP contribution in [-0.2, 0) is 13.0 Å². The Morgan fingerprint density at radius 2 is 2.04 bits per heavy atom. The summed E-state index contributed by atoms with van der Waals surface area (Å²) in [6.07, 6.45) is 0.683. The van der Waals surface area contributed by atoms with Crippen LogP contribution in [0.25, 0.3) is 0 Å². The predicted molar refractivity (Wildman–Crippen MR) is 105 cm³/mol. The van der Waals surface area contributed by atoms with Crippen molar-refractivity contribution in [1.29, 1.82) is 0 Å². The Bertz CT molecular complexity index is 817. The van der Waals surface area contributed by atoms with Gasteiger partial charge in [0.2, 0.25) is 0 Å². The summed E-state index contributed by atoms with van der Waals surface area (Å²) in [7, 11) is 0. The third-order valence-electron chi connectivity index (χ3n) is 4.07. The van der Waals surface area contributed by atoms with Crippen LogP contribution in [0, 0.1) is 0 Å². The highest BCUT2D eigenvalue weighted by molar-refractivity contribution is 7.15. The van der Waals surface area contributed by atoms with E-state index in [1.165, 1.54) is 11.3 Å². The number of benzene rings is 1. The molecule has 2 heterocycles. The van der Waals surface area contributed by atoms with Gasteiger partial charge in [-0.15, -0.1) is 0 Å². The fourth-order valence-electron chi connectivity index (χ4n) is 2.86. The number of carbonyl (C=O) groups is 2. The zero-order valence-electron chi connectivity index (χ0n) is 15.7. The number of urea groups is 1. The first-order valence-electron chi connectivity index (χ1n) is 9.04. The Balaban J connectivity index is 1.65. The van der Waals surface area contributed by atoms with Crippen LogP contribution in [0.2, 0.25) is 0 Å². The van der Waals surface area contributed by atoms with Gasteiger partial charge in [0.25, 0.3) is 5.91 Å². The normalized spacial score (nSPS) is 13.3. The molecular weight excluding hydrogens is 364 g/mol. The number of carbonyl (C=O) groups excluding carboxylic acids is 2. The third kappa shape index (κ3) is 4.77. The van der Waals surface area contributed by atoms with Crippen molar-refractivity contribution in [2.24, 2.45) is 0 Å². The fraction of sp³-hybridized carbons (Fsp3) is 0.421. The van der Waals surface area contributed by atoms with Gasteiger partial charge in [0, 0.05) is 29.4 Å². The van der Waals surface area contributed by atoms with Crippen LogP contribution in [0.1, 0.15) is 41.7 Å². The van der Waals surface area contributed by atoms with Gasteiger partial charge in [-0.25, -0.2) is 9.78 Å². The average Bonchev–Trinajstić information content (AvgIpc) is 3.02. The second-order valence-electron chi connectivity index (χ2n) is 6.58. The summed E-state index contributed by atoms with van der Waals surface area (Å²) in [4.78, 5) is 31.9. The quantitative estimate of drug-likeness (QED) is 0.823. The Kier molecular flexibility index (Phi) is 5.95. The lowest BCUT2D eigenvalue weighted by Crippen LogP contribution is -2.35. The Morgan fingerprint density at radius 1 is 1.30 bits per heavy atom. The fourth-order valence-corrected chi connectivity index (χ4v) is 3.88. The highest BCUT2D eigenvalue weighted by Crippen LogP contribution is 2.29. The van der Waals surface area contributed by atoms with Crippen LogP contribution in [0.5, 0.6) is 5.75 Å². The van der Waals surface area contributed by atoms with Crippen molar-refractivity contribution < 1.29 is 14.3 Å². The summed E-state index contributed by atoms with van der Waals surface area (Å²) in [6.45, 7) is 7.44. The van der Waals surface area contributed by atoms with Gasteiger partial charge in [0.1, 0.15) is 5.75 Å². The first-order valence-corrected chi connectivity index (χ1v) is 9.86. The number of fused-ring (bicyclic) bond motifs is 1. The van der Waals surface area contributed by atoms with Gasteiger partial charge in [-0.3, -0.25) is 10.1 Å². The molecule has 1 aliphatic rings. The molecule has 3 rings (SSSR count). The molecule has 0 saturated heterocycles. The first-order chi connectivity index (χ1) is 13.0. The standard InChI is InChI=1S/C19H24N4O3S/c1-4-26-14-7-5-13(6-8-14)17(24)23-10-9-15-16(11-23)27-19(21-15)22-18(25)20-12(2)3/h5-8,12H,4,9-11H2,1-3H3,(H2,20,21,22,25). The minimum atomic E-state index is -0.265. The summed E-state index contributed by atoms with van der Waals surface area (Å²) in [5, 5.41) is 6.10. The number of aromatic nitrogens is 1. The van der Waals surface area contributed by atoms with Crippen molar-refractivity contribution in [1.82, 2.24) is 15.2 Å². The van der Waals surface area contributed by atoms with Gasteiger partial charge in [-0.05, 0) is 45.0 Å². The van der Waals surface area contributed by atoms with Gasteiger partial charge < -0.3 is 15.0 Å². The number of anilines is 1. The largest absolute Gasteiger partial charge is 0.494 e. The smallest absolute Gasteiger partial charge is 0.321 e. The topological polar surface area (TPSA) is 83.6 Å². The Labute approximate surface area is 162 Å². The van der Waals surface area contributed by atoms with Crippen molar-refractivity contribution >= 4 is 28.4 Å². The van der Waals surface area contributed by atoms with Crippen LogP contribution in [0.3, 0.4) is 0 Å². The summed E-state index contributed by atoms with van der Waals surface area (Å²) in [6, 6.07) is 7.00. The Morgan fingerprint density at radius 3 is 2.70 bits per heavy atom. The predicted octanol–water partition coefficient (Wildman–Crippen LogP) is 3.27. The Hall–Kier alpha value is -2.61. The van der Waals surface area contributed by atoms with E-state index in [1.54, 1.807) is 12.1 Å². The van der Waals surface area contributed by atoms with E-state index in [9.17, 15) is 9.59 Å². The molecule has 0 fully saturated rings. The summed E-state index contributed by atoms with van der Waals surface area (Å²) >= 11 is 1.42. The number of rotatable bonds is 5. The maximum atomic E-state index is 12.8. The number of hydrogen-bond donors (Lipinski definition) is 2. The maximum Gasteiger partial charge on any atom is 0.321 e. The van der Waals surface area contributed by atoms with E-state index in [1.807, 2.05) is 37.8 Å². The zero-order valence-corrected chi connectivity index (χ0v) is 16.6. The van der Waals surface area contributed by atoms with Gasteiger partial charge in [0.15, 0.2) is 5.13 Å². The number of hydrogen-bond acceptors (Lipinski definition) is 5. The van der Waals surface area contributed by atoms with E-state index < -0.39 is 0 Å². The summed E-state index contributed by atoms with van der Waals surface area (Å²) in [5.41, 5.74) is 1.59. The second kappa shape index (κ2) is 8.39. The molecule has 27 heavy (non-hydrogen) atoms.